The van der Waals surface area contributed by atoms with Crippen molar-refractivity contribution in [2.45, 2.75) is 39.0 Å². The maximum atomic E-state index is 11.4. The van der Waals surface area contributed by atoms with Gasteiger partial charge in [-0.25, -0.2) is 13.1 Å². The Hall–Kier alpha value is -0.370. The normalized spacial score (nSPS) is 10.8. The molecule has 0 saturated heterocycles. The van der Waals surface area contributed by atoms with E-state index in [1.807, 2.05) is 0 Å². The number of nitrogens with one attached hydrogen (secondary N) is 2. The molecule has 8 heteroatoms. The second-order valence-electron chi connectivity index (χ2n) is 4.10. The van der Waals surface area contributed by atoms with Gasteiger partial charge in [-0.05, 0) is 26.3 Å². The molecule has 0 fully saturated rings. The Kier molecular flexibility index (Phi) is 13.9. The number of rotatable bonds is 11. The van der Waals surface area contributed by atoms with E-state index in [-0.39, 0.29) is 30.6 Å². The van der Waals surface area contributed by atoms with Crippen LogP contribution in [0.5, 0.6) is 0 Å². The quantitative estimate of drug-likeness (QED) is 0.479. The van der Waals surface area contributed by atoms with Gasteiger partial charge < -0.3 is 11.1 Å². The molecule has 0 aliphatic carbocycles. The zero-order valence-corrected chi connectivity index (χ0v) is 13.1. The largest absolute Gasteiger partial charge is 0.355 e. The molecule has 6 nitrogen and oxygen atoms in total. The van der Waals surface area contributed by atoms with Crippen molar-refractivity contribution < 1.29 is 13.2 Å². The third-order valence-electron chi connectivity index (χ3n) is 2.51. The minimum atomic E-state index is -3.16. The summed E-state index contributed by atoms with van der Waals surface area (Å²) in [5.74, 6) is 0.0284. The van der Waals surface area contributed by atoms with Crippen LogP contribution in [0.25, 0.3) is 0 Å². The zero-order chi connectivity index (χ0) is 13.9. The second kappa shape index (κ2) is 12.7. The summed E-state index contributed by atoms with van der Waals surface area (Å²) in [7, 11) is -3.16. The predicted octanol–water partition coefficient (Wildman–Crippen LogP) is 0.373. The molecule has 0 heterocycles. The van der Waals surface area contributed by atoms with E-state index in [2.05, 4.69) is 10.0 Å². The topological polar surface area (TPSA) is 101 Å². The molecule has 1 amide bonds. The molecule has 0 rings (SSSR count). The fraction of sp³-hybridized carbons (Fsp3) is 0.909. The molecule has 0 aromatic carbocycles. The monoisotopic (exact) mass is 315 g/mol. The van der Waals surface area contributed by atoms with E-state index in [1.165, 1.54) is 0 Å². The molecule has 0 aliphatic heterocycles. The third-order valence-corrected chi connectivity index (χ3v) is 3.91. The summed E-state index contributed by atoms with van der Waals surface area (Å²) in [4.78, 5) is 11.4. The highest BCUT2D eigenvalue weighted by Crippen LogP contribution is 2.01. The Balaban J connectivity index is 0. The second-order valence-corrected chi connectivity index (χ2v) is 6.20. The first-order chi connectivity index (χ1) is 8.52. The fourth-order valence-electron chi connectivity index (χ4n) is 1.38. The zero-order valence-electron chi connectivity index (χ0n) is 11.5. The molecule has 116 valence electrons. The molecule has 0 unspecified atom stereocenters. The van der Waals surface area contributed by atoms with Crippen LogP contribution < -0.4 is 15.8 Å². The van der Waals surface area contributed by atoms with Crippen molar-refractivity contribution in [1.82, 2.24) is 10.0 Å². The summed E-state index contributed by atoms with van der Waals surface area (Å²) in [6, 6.07) is 0. The molecular weight excluding hydrogens is 290 g/mol. The van der Waals surface area contributed by atoms with Gasteiger partial charge in [-0.3, -0.25) is 4.79 Å². The SMILES string of the molecule is CCS(=O)(=O)NCCNC(=O)CCCCCCN.Cl. The molecule has 4 N–H and O–H groups in total. The minimum Gasteiger partial charge on any atom is -0.355 e. The highest BCUT2D eigenvalue weighted by molar-refractivity contribution is 7.89. The van der Waals surface area contributed by atoms with Crippen LogP contribution in [0.2, 0.25) is 0 Å². The lowest BCUT2D eigenvalue weighted by Gasteiger charge is -2.06. The van der Waals surface area contributed by atoms with Crippen LogP contribution in [0.15, 0.2) is 0 Å². The van der Waals surface area contributed by atoms with Gasteiger partial charge in [0.25, 0.3) is 0 Å². The van der Waals surface area contributed by atoms with Crippen molar-refractivity contribution in [3.8, 4) is 0 Å². The smallest absolute Gasteiger partial charge is 0.220 e. The molecule has 0 atom stereocenters. The van der Waals surface area contributed by atoms with Gasteiger partial charge in [-0.1, -0.05) is 12.8 Å². The van der Waals surface area contributed by atoms with E-state index in [9.17, 15) is 13.2 Å². The summed E-state index contributed by atoms with van der Waals surface area (Å²) in [6.07, 6.45) is 4.41. The van der Waals surface area contributed by atoms with Crippen LogP contribution >= 0.6 is 12.4 Å². The fourth-order valence-corrected chi connectivity index (χ4v) is 2.00. The van der Waals surface area contributed by atoms with Crippen molar-refractivity contribution in [2.24, 2.45) is 5.73 Å². The number of nitrogens with two attached hydrogens (primary N) is 1. The Morgan fingerprint density at radius 2 is 1.74 bits per heavy atom. The van der Waals surface area contributed by atoms with E-state index in [0.717, 1.165) is 25.7 Å². The number of hydrogen-bond acceptors (Lipinski definition) is 4. The summed E-state index contributed by atoms with van der Waals surface area (Å²) in [6.45, 7) is 2.85. The van der Waals surface area contributed by atoms with Crippen LogP contribution in [-0.2, 0) is 14.8 Å². The third kappa shape index (κ3) is 13.9. The van der Waals surface area contributed by atoms with Crippen LogP contribution in [0.3, 0.4) is 0 Å². The van der Waals surface area contributed by atoms with Gasteiger partial charge >= 0.3 is 0 Å². The molecule has 0 radical (unpaired) electrons. The van der Waals surface area contributed by atoms with Gasteiger partial charge in [0.05, 0.1) is 5.75 Å². The molecule has 0 aromatic rings. The Morgan fingerprint density at radius 1 is 1.11 bits per heavy atom. The number of hydrogen-bond donors (Lipinski definition) is 3. The Bertz CT molecular complexity index is 323. The summed E-state index contributed by atoms with van der Waals surface area (Å²) >= 11 is 0. The summed E-state index contributed by atoms with van der Waals surface area (Å²) in [5, 5.41) is 2.68. The number of sulfonamides is 1. The van der Waals surface area contributed by atoms with Gasteiger partial charge in [0.2, 0.25) is 15.9 Å². The lowest BCUT2D eigenvalue weighted by Crippen LogP contribution is -2.35. The van der Waals surface area contributed by atoms with Crippen molar-refractivity contribution in [3.05, 3.63) is 0 Å². The van der Waals surface area contributed by atoms with Gasteiger partial charge in [0.1, 0.15) is 0 Å². The molecule has 0 bridgehead atoms. The van der Waals surface area contributed by atoms with Crippen molar-refractivity contribution in [2.75, 3.05) is 25.4 Å². The van der Waals surface area contributed by atoms with Gasteiger partial charge in [0.15, 0.2) is 0 Å². The van der Waals surface area contributed by atoms with Crippen molar-refractivity contribution in [1.29, 1.82) is 0 Å². The first-order valence-corrected chi connectivity index (χ1v) is 8.11. The van der Waals surface area contributed by atoms with Gasteiger partial charge in [0, 0.05) is 19.5 Å². The highest BCUT2D eigenvalue weighted by Gasteiger charge is 2.05. The molecule has 0 aliphatic rings. The number of amides is 1. The standard InChI is InChI=1S/C11H25N3O3S.ClH/c1-2-18(16,17)14-10-9-13-11(15)7-5-3-4-6-8-12;/h14H,2-10,12H2,1H3,(H,13,15);1H. The van der Waals surface area contributed by atoms with E-state index < -0.39 is 10.0 Å². The van der Waals surface area contributed by atoms with E-state index in [0.29, 0.717) is 19.5 Å². The first-order valence-electron chi connectivity index (χ1n) is 6.46. The number of halogens is 1. The Labute approximate surface area is 122 Å². The van der Waals surface area contributed by atoms with E-state index in [1.54, 1.807) is 6.92 Å². The van der Waals surface area contributed by atoms with Crippen molar-refractivity contribution >= 4 is 28.3 Å². The molecule has 0 saturated carbocycles. The molecule has 0 aromatic heterocycles. The molecular formula is C11H26ClN3O3S. The van der Waals surface area contributed by atoms with Gasteiger partial charge in [-0.15, -0.1) is 12.4 Å². The highest BCUT2D eigenvalue weighted by atomic mass is 35.5. The number of unbranched alkanes of at least 4 members (excludes halogenated alkanes) is 3. The maximum absolute atomic E-state index is 11.4. The summed E-state index contributed by atoms with van der Waals surface area (Å²) < 4.78 is 24.6. The number of carbonyl (C=O) groups excluding carboxylic acids is 1. The van der Waals surface area contributed by atoms with Crippen molar-refractivity contribution in [3.63, 3.8) is 0 Å². The average molecular weight is 316 g/mol. The average Bonchev–Trinajstić information content (AvgIpc) is 2.34. The first kappa shape index (κ1) is 20.9. The lowest BCUT2D eigenvalue weighted by atomic mass is 10.1. The van der Waals surface area contributed by atoms with Crippen LogP contribution in [0.4, 0.5) is 0 Å². The lowest BCUT2D eigenvalue weighted by molar-refractivity contribution is -0.121. The van der Waals surface area contributed by atoms with Crippen LogP contribution in [-0.4, -0.2) is 39.7 Å². The van der Waals surface area contributed by atoms with E-state index in [4.69, 9.17) is 5.73 Å². The van der Waals surface area contributed by atoms with E-state index >= 15 is 0 Å². The minimum absolute atomic E-state index is 0. The van der Waals surface area contributed by atoms with Crippen LogP contribution in [0.1, 0.15) is 39.0 Å². The molecule has 0 spiro atoms. The maximum Gasteiger partial charge on any atom is 0.220 e. The Morgan fingerprint density at radius 3 is 2.32 bits per heavy atom. The van der Waals surface area contributed by atoms with Crippen LogP contribution in [0, 0.1) is 0 Å². The molecule has 19 heavy (non-hydrogen) atoms. The number of carbonyl (C=O) groups is 1. The summed E-state index contributed by atoms with van der Waals surface area (Å²) in [5.41, 5.74) is 5.36. The predicted molar refractivity (Wildman–Crippen MR) is 79.9 cm³/mol. The van der Waals surface area contributed by atoms with Gasteiger partial charge in [-0.2, -0.15) is 0 Å².